The third-order valence-electron chi connectivity index (χ3n) is 4.39. The van der Waals surface area contributed by atoms with Gasteiger partial charge in [0.15, 0.2) is 5.82 Å². The minimum absolute atomic E-state index is 0.123. The lowest BCUT2D eigenvalue weighted by Gasteiger charge is -2.14. The Kier molecular flexibility index (Phi) is 4.30. The molecule has 1 aliphatic rings. The molecule has 132 valence electrons. The molecule has 8 heteroatoms. The summed E-state index contributed by atoms with van der Waals surface area (Å²) < 4.78 is 0. The first kappa shape index (κ1) is 16.9. The van der Waals surface area contributed by atoms with E-state index in [2.05, 4.69) is 15.5 Å². The molecule has 2 aromatic carbocycles. The van der Waals surface area contributed by atoms with Gasteiger partial charge in [-0.05, 0) is 30.3 Å². The van der Waals surface area contributed by atoms with Crippen molar-refractivity contribution < 1.29 is 9.59 Å². The predicted octanol–water partition coefficient (Wildman–Crippen LogP) is 3.86. The van der Waals surface area contributed by atoms with Crippen LogP contribution in [-0.2, 0) is 9.59 Å². The van der Waals surface area contributed by atoms with Crippen LogP contribution in [0.3, 0.4) is 0 Å². The van der Waals surface area contributed by atoms with Crippen LogP contribution >= 0.6 is 23.2 Å². The molecular weight excluding hydrogens is 375 g/mol. The van der Waals surface area contributed by atoms with Gasteiger partial charge in [0.05, 0.1) is 22.1 Å². The van der Waals surface area contributed by atoms with Crippen LogP contribution in [-0.4, -0.2) is 28.6 Å². The molecule has 26 heavy (non-hydrogen) atoms. The molecule has 2 N–H and O–H groups in total. The molecule has 2 heterocycles. The molecular formula is C18H14Cl2N4O2. The van der Waals surface area contributed by atoms with Crippen LogP contribution in [0.1, 0.15) is 6.42 Å². The SMILES string of the molecule is O=C(Nc1ccc(Cl)cc1Cl)[C@@H]1CC(=O)N(c2n[nH]c3ccccc23)C1. The van der Waals surface area contributed by atoms with E-state index < -0.39 is 5.92 Å². The number of nitrogens with zero attached hydrogens (tertiary/aromatic N) is 2. The van der Waals surface area contributed by atoms with Crippen LogP contribution in [0, 0.1) is 5.92 Å². The number of carbonyl (C=O) groups excluding carboxylic acids is 2. The maximum Gasteiger partial charge on any atom is 0.229 e. The molecule has 1 aliphatic heterocycles. The van der Waals surface area contributed by atoms with Gasteiger partial charge in [-0.1, -0.05) is 35.3 Å². The number of fused-ring (bicyclic) bond motifs is 1. The molecule has 0 bridgehead atoms. The van der Waals surface area contributed by atoms with Crippen molar-refractivity contribution in [1.29, 1.82) is 0 Å². The number of nitrogens with one attached hydrogen (secondary N) is 2. The van der Waals surface area contributed by atoms with Gasteiger partial charge in [0, 0.05) is 23.4 Å². The zero-order valence-electron chi connectivity index (χ0n) is 13.5. The number of aromatic amines is 1. The molecule has 0 saturated carbocycles. The summed E-state index contributed by atoms with van der Waals surface area (Å²) in [6, 6.07) is 12.4. The molecule has 0 unspecified atom stereocenters. The molecule has 0 spiro atoms. The number of carbonyl (C=O) groups is 2. The Balaban J connectivity index is 1.53. The second-order valence-electron chi connectivity index (χ2n) is 6.11. The molecule has 1 fully saturated rings. The van der Waals surface area contributed by atoms with Crippen LogP contribution in [0.15, 0.2) is 42.5 Å². The molecule has 3 aromatic rings. The number of benzene rings is 2. The Labute approximate surface area is 159 Å². The zero-order chi connectivity index (χ0) is 18.3. The van der Waals surface area contributed by atoms with E-state index in [4.69, 9.17) is 23.2 Å². The van der Waals surface area contributed by atoms with Gasteiger partial charge in [-0.2, -0.15) is 5.10 Å². The molecule has 0 radical (unpaired) electrons. The smallest absolute Gasteiger partial charge is 0.229 e. The molecule has 0 aliphatic carbocycles. The number of H-pyrrole nitrogens is 1. The summed E-state index contributed by atoms with van der Waals surface area (Å²) in [5, 5.41) is 11.6. The van der Waals surface area contributed by atoms with Gasteiger partial charge in [0.25, 0.3) is 0 Å². The Morgan fingerprint density at radius 2 is 2.04 bits per heavy atom. The van der Waals surface area contributed by atoms with E-state index >= 15 is 0 Å². The van der Waals surface area contributed by atoms with E-state index in [0.29, 0.717) is 21.6 Å². The maximum atomic E-state index is 12.6. The average molecular weight is 389 g/mol. The van der Waals surface area contributed by atoms with Crippen LogP contribution < -0.4 is 10.2 Å². The van der Waals surface area contributed by atoms with E-state index in [-0.39, 0.29) is 24.8 Å². The van der Waals surface area contributed by atoms with Crippen LogP contribution in [0.25, 0.3) is 10.9 Å². The lowest BCUT2D eigenvalue weighted by atomic mass is 10.1. The van der Waals surface area contributed by atoms with Crippen LogP contribution in [0.4, 0.5) is 11.5 Å². The van der Waals surface area contributed by atoms with Gasteiger partial charge in [-0.15, -0.1) is 0 Å². The highest BCUT2D eigenvalue weighted by Gasteiger charge is 2.37. The van der Waals surface area contributed by atoms with Gasteiger partial charge in [-0.25, -0.2) is 0 Å². The van der Waals surface area contributed by atoms with Gasteiger partial charge < -0.3 is 5.32 Å². The first-order chi connectivity index (χ1) is 12.5. The molecule has 1 saturated heterocycles. The van der Waals surface area contributed by atoms with E-state index in [0.717, 1.165) is 10.9 Å². The van der Waals surface area contributed by atoms with Crippen molar-refractivity contribution >= 4 is 57.4 Å². The summed E-state index contributed by atoms with van der Waals surface area (Å²) in [6.45, 7) is 0.269. The molecule has 1 atom stereocenters. The number of amides is 2. The van der Waals surface area contributed by atoms with Crippen LogP contribution in [0.5, 0.6) is 0 Å². The van der Waals surface area contributed by atoms with E-state index in [1.165, 1.54) is 0 Å². The van der Waals surface area contributed by atoms with Crippen molar-refractivity contribution in [2.45, 2.75) is 6.42 Å². The fourth-order valence-electron chi connectivity index (χ4n) is 3.07. The minimum Gasteiger partial charge on any atom is -0.324 e. The third kappa shape index (κ3) is 3.02. The first-order valence-corrected chi connectivity index (χ1v) is 8.78. The van der Waals surface area contributed by atoms with Crippen molar-refractivity contribution in [2.75, 3.05) is 16.8 Å². The molecule has 2 amide bonds. The number of aromatic nitrogens is 2. The monoisotopic (exact) mass is 388 g/mol. The first-order valence-electron chi connectivity index (χ1n) is 8.02. The Morgan fingerprint density at radius 1 is 1.23 bits per heavy atom. The highest BCUT2D eigenvalue weighted by atomic mass is 35.5. The Morgan fingerprint density at radius 3 is 2.85 bits per heavy atom. The van der Waals surface area contributed by atoms with Crippen molar-refractivity contribution in [1.82, 2.24) is 10.2 Å². The quantitative estimate of drug-likeness (QED) is 0.714. The van der Waals surface area contributed by atoms with Crippen molar-refractivity contribution in [2.24, 2.45) is 5.92 Å². The number of hydrogen-bond donors (Lipinski definition) is 2. The topological polar surface area (TPSA) is 78.1 Å². The Bertz CT molecular complexity index is 1020. The largest absolute Gasteiger partial charge is 0.324 e. The zero-order valence-corrected chi connectivity index (χ0v) is 15.0. The fourth-order valence-corrected chi connectivity index (χ4v) is 3.52. The van der Waals surface area contributed by atoms with E-state index in [1.807, 2.05) is 24.3 Å². The lowest BCUT2D eigenvalue weighted by molar-refractivity contribution is -0.122. The summed E-state index contributed by atoms with van der Waals surface area (Å²) >= 11 is 12.0. The second kappa shape index (κ2) is 6.63. The predicted molar refractivity (Wildman–Crippen MR) is 102 cm³/mol. The summed E-state index contributed by atoms with van der Waals surface area (Å²) in [5.41, 5.74) is 1.31. The number of anilines is 2. The average Bonchev–Trinajstić information content (AvgIpc) is 3.20. The number of para-hydroxylation sites is 1. The summed E-state index contributed by atoms with van der Waals surface area (Å²) in [5.74, 6) is -0.329. The highest BCUT2D eigenvalue weighted by molar-refractivity contribution is 6.36. The third-order valence-corrected chi connectivity index (χ3v) is 4.94. The normalized spacial score (nSPS) is 17.1. The molecule has 1 aromatic heterocycles. The van der Waals surface area contributed by atoms with E-state index in [1.54, 1.807) is 23.1 Å². The minimum atomic E-state index is -0.482. The lowest BCUT2D eigenvalue weighted by Crippen LogP contribution is -2.28. The summed E-state index contributed by atoms with van der Waals surface area (Å²) in [6.07, 6.45) is 0.123. The van der Waals surface area contributed by atoms with Crippen LogP contribution in [0.2, 0.25) is 10.0 Å². The molecule has 4 rings (SSSR count). The summed E-state index contributed by atoms with van der Waals surface area (Å²) in [7, 11) is 0. The van der Waals surface area contributed by atoms with Crippen molar-refractivity contribution in [3.63, 3.8) is 0 Å². The van der Waals surface area contributed by atoms with Crippen molar-refractivity contribution in [3.8, 4) is 0 Å². The highest BCUT2D eigenvalue weighted by Crippen LogP contribution is 2.31. The van der Waals surface area contributed by atoms with Gasteiger partial charge in [0.1, 0.15) is 0 Å². The maximum absolute atomic E-state index is 12.6. The fraction of sp³-hybridized carbons (Fsp3) is 0.167. The second-order valence-corrected chi connectivity index (χ2v) is 6.96. The number of hydrogen-bond acceptors (Lipinski definition) is 3. The van der Waals surface area contributed by atoms with Gasteiger partial charge in [0.2, 0.25) is 11.8 Å². The van der Waals surface area contributed by atoms with Crippen molar-refractivity contribution in [3.05, 3.63) is 52.5 Å². The standard InChI is InChI=1S/C18H14Cl2N4O2/c19-11-5-6-15(13(20)8-11)21-18(26)10-7-16(25)24(9-10)17-12-3-1-2-4-14(12)22-23-17/h1-6,8,10H,7,9H2,(H,21,26)(H,22,23)/t10-/m1/s1. The Hall–Kier alpha value is -2.57. The molecule has 6 nitrogen and oxygen atoms in total. The van der Waals surface area contributed by atoms with Gasteiger partial charge >= 0.3 is 0 Å². The van der Waals surface area contributed by atoms with E-state index in [9.17, 15) is 9.59 Å². The number of halogens is 2. The summed E-state index contributed by atoms with van der Waals surface area (Å²) in [4.78, 5) is 26.6. The number of rotatable bonds is 3. The van der Waals surface area contributed by atoms with Gasteiger partial charge in [-0.3, -0.25) is 19.6 Å².